The van der Waals surface area contributed by atoms with Gasteiger partial charge in [0.1, 0.15) is 6.04 Å². The van der Waals surface area contributed by atoms with Gasteiger partial charge in [0.05, 0.1) is 17.9 Å². The molecular weight excluding hydrogens is 562 g/mol. The third-order valence-corrected chi connectivity index (χ3v) is 6.85. The van der Waals surface area contributed by atoms with Gasteiger partial charge in [-0.05, 0) is 49.4 Å². The molecule has 42 heavy (non-hydrogen) atoms. The molecule has 0 aliphatic carbocycles. The Morgan fingerprint density at radius 3 is 2.45 bits per heavy atom. The number of aryl methyl sites for hydroxylation is 2. The molecule has 0 spiro atoms. The van der Waals surface area contributed by atoms with E-state index in [4.69, 9.17) is 9.47 Å². The Balaban J connectivity index is 0.000000624. The van der Waals surface area contributed by atoms with E-state index < -0.39 is 29.5 Å². The highest BCUT2D eigenvalue weighted by Gasteiger charge is 2.23. The largest absolute Gasteiger partial charge is 0.382 e. The molecule has 2 heterocycles. The quantitative estimate of drug-likeness (QED) is 0.204. The molecule has 0 aliphatic heterocycles. The number of halogens is 2. The highest BCUT2D eigenvalue weighted by Crippen LogP contribution is 2.27. The third-order valence-electron chi connectivity index (χ3n) is 6.09. The average molecular weight is 609 g/mol. The van der Waals surface area contributed by atoms with E-state index in [1.54, 1.807) is 35.5 Å². The van der Waals surface area contributed by atoms with Gasteiger partial charge < -0.3 is 24.7 Å². The summed E-state index contributed by atoms with van der Waals surface area (Å²) in [5.41, 5.74) is 1.37. The van der Waals surface area contributed by atoms with E-state index in [2.05, 4.69) is 36.4 Å². The SMILES string of the molecule is CC.CCCOCCC(C)CC.COCC(NC(=O)c1ccn(C)c1)C(=O)Nc1nc(-c2cc(C)c(F)c(F)c2)cs1. The van der Waals surface area contributed by atoms with E-state index in [9.17, 15) is 18.4 Å². The molecular formula is C31H46F2N4O4S. The number of thiazole rings is 1. The van der Waals surface area contributed by atoms with Crippen LogP contribution < -0.4 is 10.6 Å². The van der Waals surface area contributed by atoms with Crippen LogP contribution in [0.15, 0.2) is 36.0 Å². The first-order valence-corrected chi connectivity index (χ1v) is 15.2. The van der Waals surface area contributed by atoms with Crippen molar-refractivity contribution in [2.24, 2.45) is 13.0 Å². The van der Waals surface area contributed by atoms with Crippen LogP contribution in [0.1, 0.15) is 69.8 Å². The second kappa shape index (κ2) is 19.9. The summed E-state index contributed by atoms with van der Waals surface area (Å²) in [5.74, 6) is -1.96. The summed E-state index contributed by atoms with van der Waals surface area (Å²) in [4.78, 5) is 29.2. The average Bonchev–Trinajstić information content (AvgIpc) is 3.64. The van der Waals surface area contributed by atoms with E-state index in [1.165, 1.54) is 32.9 Å². The molecule has 11 heteroatoms. The summed E-state index contributed by atoms with van der Waals surface area (Å²) in [7, 11) is 3.20. The summed E-state index contributed by atoms with van der Waals surface area (Å²) in [6, 6.07) is 3.22. The normalized spacial score (nSPS) is 11.9. The maximum Gasteiger partial charge on any atom is 0.253 e. The Labute approximate surface area is 252 Å². The van der Waals surface area contributed by atoms with E-state index >= 15 is 0 Å². The lowest BCUT2D eigenvalue weighted by Gasteiger charge is -2.16. The molecule has 3 aromatic rings. The standard InChI is InChI=1S/C20H20F2N4O3S.C9H20O.C2H6/c1-11-6-13(7-14(21)17(11)22)16-10-30-20(24-16)25-19(28)15(9-29-3)23-18(27)12-4-5-26(2)8-12;1-4-7-10-8-6-9(3)5-2;1-2/h4-8,10,15H,9H2,1-3H3,(H,23,27)(H,24,25,28);9H,4-8H2,1-3H3;1-2H3. The van der Waals surface area contributed by atoms with Crippen LogP contribution in [0, 0.1) is 24.5 Å². The number of ether oxygens (including phenoxy) is 2. The van der Waals surface area contributed by atoms with Crippen LogP contribution >= 0.6 is 11.3 Å². The van der Waals surface area contributed by atoms with Gasteiger partial charge in [-0.3, -0.25) is 9.59 Å². The summed E-state index contributed by atoms with van der Waals surface area (Å²) in [6.07, 6.45) is 6.98. The molecule has 3 rings (SSSR count). The van der Waals surface area contributed by atoms with Gasteiger partial charge in [0.2, 0.25) is 0 Å². The van der Waals surface area contributed by atoms with E-state index in [1.807, 2.05) is 13.8 Å². The van der Waals surface area contributed by atoms with Gasteiger partial charge in [0.25, 0.3) is 11.8 Å². The Morgan fingerprint density at radius 1 is 1.17 bits per heavy atom. The molecule has 0 radical (unpaired) electrons. The monoisotopic (exact) mass is 608 g/mol. The summed E-state index contributed by atoms with van der Waals surface area (Å²) < 4.78 is 39.3. The number of hydrogen-bond acceptors (Lipinski definition) is 6. The van der Waals surface area contributed by atoms with Crippen LogP contribution in [0.2, 0.25) is 0 Å². The summed E-state index contributed by atoms with van der Waals surface area (Å²) in [5, 5.41) is 7.12. The Bertz CT molecular complexity index is 1210. The summed E-state index contributed by atoms with van der Waals surface area (Å²) in [6.45, 7) is 13.9. The second-order valence-corrected chi connectivity index (χ2v) is 10.4. The molecule has 1 aromatic carbocycles. The maximum absolute atomic E-state index is 13.7. The number of benzene rings is 1. The van der Waals surface area contributed by atoms with Gasteiger partial charge in [-0.25, -0.2) is 13.8 Å². The van der Waals surface area contributed by atoms with Gasteiger partial charge in [0.15, 0.2) is 16.8 Å². The van der Waals surface area contributed by atoms with E-state index in [-0.39, 0.29) is 17.3 Å². The molecule has 0 saturated heterocycles. The fourth-order valence-electron chi connectivity index (χ4n) is 3.49. The van der Waals surface area contributed by atoms with Crippen molar-refractivity contribution in [3.05, 3.63) is 58.7 Å². The fourth-order valence-corrected chi connectivity index (χ4v) is 4.22. The predicted octanol–water partition coefficient (Wildman–Crippen LogP) is 6.99. The number of carbonyl (C=O) groups excluding carboxylic acids is 2. The first-order valence-electron chi connectivity index (χ1n) is 14.3. The molecule has 0 bridgehead atoms. The second-order valence-electron chi connectivity index (χ2n) is 9.58. The van der Waals surface area contributed by atoms with Crippen molar-refractivity contribution in [3.8, 4) is 11.3 Å². The number of methoxy groups -OCH3 is 1. The van der Waals surface area contributed by atoms with Crippen LogP contribution in [-0.2, 0) is 21.3 Å². The smallest absolute Gasteiger partial charge is 0.253 e. The molecule has 2 aromatic heterocycles. The number of amides is 2. The molecule has 2 amide bonds. The first kappa shape index (κ1) is 36.9. The maximum atomic E-state index is 13.7. The van der Waals surface area contributed by atoms with E-state index in [0.717, 1.165) is 43.0 Å². The Hall–Kier alpha value is -3.15. The fraction of sp³-hybridized carbons (Fsp3) is 0.516. The number of rotatable bonds is 13. The van der Waals surface area contributed by atoms with E-state index in [0.29, 0.717) is 16.8 Å². The lowest BCUT2D eigenvalue weighted by molar-refractivity contribution is -0.119. The van der Waals surface area contributed by atoms with Gasteiger partial charge in [-0.1, -0.05) is 41.0 Å². The molecule has 0 aliphatic rings. The molecule has 0 saturated carbocycles. The van der Waals surface area contributed by atoms with Gasteiger partial charge in [-0.2, -0.15) is 0 Å². The van der Waals surface area contributed by atoms with Crippen LogP contribution in [0.25, 0.3) is 11.3 Å². The zero-order chi connectivity index (χ0) is 31.7. The first-order chi connectivity index (χ1) is 20.1. The molecule has 2 N–H and O–H groups in total. The van der Waals surface area contributed by atoms with Crippen LogP contribution in [0.3, 0.4) is 0 Å². The topological polar surface area (TPSA) is 94.5 Å². The predicted molar refractivity (Wildman–Crippen MR) is 166 cm³/mol. The van der Waals surface area contributed by atoms with Crippen molar-refractivity contribution in [2.45, 2.75) is 66.8 Å². The number of hydrogen-bond donors (Lipinski definition) is 2. The Morgan fingerprint density at radius 2 is 1.88 bits per heavy atom. The highest BCUT2D eigenvalue weighted by atomic mass is 32.1. The van der Waals surface area contributed by atoms with Crippen molar-refractivity contribution >= 4 is 28.3 Å². The minimum Gasteiger partial charge on any atom is -0.382 e. The lowest BCUT2D eigenvalue weighted by atomic mass is 10.1. The van der Waals surface area contributed by atoms with Gasteiger partial charge >= 0.3 is 0 Å². The third kappa shape index (κ3) is 12.4. The molecule has 2 atom stereocenters. The van der Waals surface area contributed by atoms with Crippen molar-refractivity contribution < 1.29 is 27.8 Å². The number of nitrogens with zero attached hydrogens (tertiary/aromatic N) is 2. The summed E-state index contributed by atoms with van der Waals surface area (Å²) >= 11 is 1.13. The van der Waals surface area contributed by atoms with Gasteiger partial charge in [0, 0.05) is 50.7 Å². The van der Waals surface area contributed by atoms with Crippen molar-refractivity contribution in [2.75, 3.05) is 32.2 Å². The number of carbonyl (C=O) groups is 2. The number of nitrogens with one attached hydrogen (secondary N) is 2. The minimum atomic E-state index is -0.965. The number of aromatic nitrogens is 2. The molecule has 0 fully saturated rings. The van der Waals surface area contributed by atoms with Gasteiger partial charge in [-0.15, -0.1) is 11.3 Å². The lowest BCUT2D eigenvalue weighted by Crippen LogP contribution is -2.46. The Kier molecular flexibility index (Phi) is 17.5. The zero-order valence-electron chi connectivity index (χ0n) is 26.1. The van der Waals surface area contributed by atoms with Crippen LogP contribution in [0.5, 0.6) is 0 Å². The molecule has 2 unspecified atom stereocenters. The zero-order valence-corrected chi connectivity index (χ0v) is 26.9. The van der Waals surface area contributed by atoms with Crippen molar-refractivity contribution in [3.63, 3.8) is 0 Å². The van der Waals surface area contributed by atoms with Crippen LogP contribution in [0.4, 0.5) is 13.9 Å². The number of anilines is 1. The van der Waals surface area contributed by atoms with Crippen molar-refractivity contribution in [1.82, 2.24) is 14.9 Å². The molecule has 8 nitrogen and oxygen atoms in total. The molecule has 234 valence electrons. The highest BCUT2D eigenvalue weighted by molar-refractivity contribution is 7.14. The van der Waals surface area contributed by atoms with Crippen LogP contribution in [-0.4, -0.2) is 54.3 Å². The van der Waals surface area contributed by atoms with Crippen molar-refractivity contribution in [1.29, 1.82) is 0 Å². The minimum absolute atomic E-state index is 0.0367.